The Morgan fingerprint density at radius 1 is 1.54 bits per heavy atom. The summed E-state index contributed by atoms with van der Waals surface area (Å²) < 4.78 is 0. The van der Waals surface area contributed by atoms with Crippen LogP contribution in [0.25, 0.3) is 0 Å². The van der Waals surface area contributed by atoms with Crippen LogP contribution in [0.3, 0.4) is 0 Å². The SMILES string of the molecule is C=C(CC)CNCC1CCCCS1. The zero-order valence-electron chi connectivity index (χ0n) is 8.64. The van der Waals surface area contributed by atoms with E-state index in [1.165, 1.54) is 37.1 Å². The lowest BCUT2D eigenvalue weighted by Crippen LogP contribution is -2.28. The molecular weight excluding hydrogens is 178 g/mol. The highest BCUT2D eigenvalue weighted by Crippen LogP contribution is 2.24. The van der Waals surface area contributed by atoms with Gasteiger partial charge in [-0.25, -0.2) is 0 Å². The topological polar surface area (TPSA) is 12.0 Å². The molecule has 1 aliphatic heterocycles. The Kier molecular flexibility index (Phi) is 5.56. The summed E-state index contributed by atoms with van der Waals surface area (Å²) in [4.78, 5) is 0. The van der Waals surface area contributed by atoms with Gasteiger partial charge in [0.2, 0.25) is 0 Å². The molecule has 1 rings (SSSR count). The molecule has 0 saturated carbocycles. The van der Waals surface area contributed by atoms with Crippen molar-refractivity contribution >= 4 is 11.8 Å². The van der Waals surface area contributed by atoms with Crippen LogP contribution < -0.4 is 5.32 Å². The van der Waals surface area contributed by atoms with E-state index in [0.29, 0.717) is 0 Å². The van der Waals surface area contributed by atoms with E-state index < -0.39 is 0 Å². The first-order valence-corrected chi connectivity index (χ1v) is 6.36. The number of hydrogen-bond acceptors (Lipinski definition) is 2. The molecule has 1 saturated heterocycles. The molecule has 76 valence electrons. The van der Waals surface area contributed by atoms with Crippen LogP contribution in [0.15, 0.2) is 12.2 Å². The molecule has 0 aliphatic carbocycles. The van der Waals surface area contributed by atoms with Gasteiger partial charge in [0.05, 0.1) is 0 Å². The van der Waals surface area contributed by atoms with E-state index in [4.69, 9.17) is 0 Å². The Hall–Kier alpha value is 0.0500. The molecule has 13 heavy (non-hydrogen) atoms. The smallest absolute Gasteiger partial charge is 0.0172 e. The van der Waals surface area contributed by atoms with Gasteiger partial charge in [0.15, 0.2) is 0 Å². The average Bonchev–Trinajstić information content (AvgIpc) is 2.19. The van der Waals surface area contributed by atoms with Gasteiger partial charge in [-0.15, -0.1) is 0 Å². The number of hydrogen-bond donors (Lipinski definition) is 1. The number of rotatable bonds is 5. The maximum absolute atomic E-state index is 3.99. The summed E-state index contributed by atoms with van der Waals surface area (Å²) in [7, 11) is 0. The van der Waals surface area contributed by atoms with E-state index in [1.807, 2.05) is 0 Å². The first kappa shape index (κ1) is 11.1. The molecule has 1 N–H and O–H groups in total. The van der Waals surface area contributed by atoms with Crippen LogP contribution in [0.2, 0.25) is 0 Å². The minimum atomic E-state index is 0.860. The van der Waals surface area contributed by atoms with E-state index in [0.717, 1.165) is 18.2 Å². The summed E-state index contributed by atoms with van der Waals surface area (Å²) in [5.41, 5.74) is 1.32. The minimum Gasteiger partial charge on any atom is -0.312 e. The molecule has 0 radical (unpaired) electrons. The van der Waals surface area contributed by atoms with Crippen molar-refractivity contribution in [2.24, 2.45) is 0 Å². The predicted molar refractivity (Wildman–Crippen MR) is 62.4 cm³/mol. The molecule has 1 nitrogen and oxygen atoms in total. The van der Waals surface area contributed by atoms with Crippen LogP contribution in [0.5, 0.6) is 0 Å². The number of nitrogens with one attached hydrogen (secondary N) is 1. The Morgan fingerprint density at radius 2 is 2.38 bits per heavy atom. The van der Waals surface area contributed by atoms with Crippen LogP contribution >= 0.6 is 11.8 Å². The highest BCUT2D eigenvalue weighted by Gasteiger charge is 2.12. The molecule has 0 aromatic carbocycles. The molecule has 2 heteroatoms. The second-order valence-electron chi connectivity index (χ2n) is 3.72. The molecule has 0 aromatic rings. The largest absolute Gasteiger partial charge is 0.312 e. The van der Waals surface area contributed by atoms with Crippen molar-refractivity contribution in [3.05, 3.63) is 12.2 Å². The first-order chi connectivity index (χ1) is 6.33. The Balaban J connectivity index is 2.01. The molecule has 0 spiro atoms. The van der Waals surface area contributed by atoms with Gasteiger partial charge in [0, 0.05) is 18.3 Å². The highest BCUT2D eigenvalue weighted by atomic mass is 32.2. The third kappa shape index (κ3) is 4.72. The summed E-state index contributed by atoms with van der Waals surface area (Å²) in [5, 5.41) is 4.35. The number of thioether (sulfide) groups is 1. The summed E-state index contributed by atoms with van der Waals surface area (Å²) in [6.45, 7) is 8.33. The van der Waals surface area contributed by atoms with Gasteiger partial charge in [-0.3, -0.25) is 0 Å². The molecule has 1 aliphatic rings. The molecular formula is C11H21NS. The normalized spacial score (nSPS) is 23.0. The Morgan fingerprint density at radius 3 is 3.00 bits per heavy atom. The Bertz CT molecular complexity index is 150. The van der Waals surface area contributed by atoms with Crippen LogP contribution in [0.1, 0.15) is 32.6 Å². The van der Waals surface area contributed by atoms with Gasteiger partial charge >= 0.3 is 0 Å². The van der Waals surface area contributed by atoms with Crippen molar-refractivity contribution < 1.29 is 0 Å². The lowest BCUT2D eigenvalue weighted by Gasteiger charge is -2.21. The van der Waals surface area contributed by atoms with Crippen LogP contribution in [0.4, 0.5) is 0 Å². The van der Waals surface area contributed by atoms with Crippen LogP contribution in [0, 0.1) is 0 Å². The van der Waals surface area contributed by atoms with E-state index in [9.17, 15) is 0 Å². The molecule has 1 heterocycles. The highest BCUT2D eigenvalue weighted by molar-refractivity contribution is 7.99. The Labute approximate surface area is 86.4 Å². The van der Waals surface area contributed by atoms with Crippen molar-refractivity contribution in [1.29, 1.82) is 0 Å². The summed E-state index contributed by atoms with van der Waals surface area (Å²) in [6.07, 6.45) is 5.35. The first-order valence-electron chi connectivity index (χ1n) is 5.32. The fourth-order valence-electron chi connectivity index (χ4n) is 1.50. The van der Waals surface area contributed by atoms with E-state index in [-0.39, 0.29) is 0 Å². The van der Waals surface area contributed by atoms with Gasteiger partial charge < -0.3 is 5.32 Å². The molecule has 0 aromatic heterocycles. The summed E-state index contributed by atoms with van der Waals surface area (Å²) >= 11 is 2.13. The van der Waals surface area contributed by atoms with E-state index in [1.54, 1.807) is 0 Å². The second kappa shape index (κ2) is 6.50. The van der Waals surface area contributed by atoms with Crippen molar-refractivity contribution in [3.8, 4) is 0 Å². The maximum Gasteiger partial charge on any atom is 0.0172 e. The zero-order valence-corrected chi connectivity index (χ0v) is 9.46. The van der Waals surface area contributed by atoms with Crippen LogP contribution in [-0.2, 0) is 0 Å². The zero-order chi connectivity index (χ0) is 9.52. The van der Waals surface area contributed by atoms with Crippen molar-refractivity contribution in [3.63, 3.8) is 0 Å². The minimum absolute atomic E-state index is 0.860. The van der Waals surface area contributed by atoms with Crippen molar-refractivity contribution in [2.75, 3.05) is 18.8 Å². The standard InChI is InChI=1S/C11H21NS/c1-3-10(2)8-12-9-11-6-4-5-7-13-11/h11-12H,2-9H2,1H3. The predicted octanol–water partition coefficient (Wildman–Crippen LogP) is 2.83. The second-order valence-corrected chi connectivity index (χ2v) is 5.13. The fraction of sp³-hybridized carbons (Fsp3) is 0.818. The average molecular weight is 199 g/mol. The molecule has 1 fully saturated rings. The monoisotopic (exact) mass is 199 g/mol. The van der Waals surface area contributed by atoms with Gasteiger partial charge in [-0.2, -0.15) is 11.8 Å². The summed E-state index contributed by atoms with van der Waals surface area (Å²) in [6, 6.07) is 0. The van der Waals surface area contributed by atoms with E-state index in [2.05, 4.69) is 30.6 Å². The van der Waals surface area contributed by atoms with Crippen molar-refractivity contribution in [1.82, 2.24) is 5.32 Å². The van der Waals surface area contributed by atoms with Gasteiger partial charge in [-0.05, 0) is 25.0 Å². The lowest BCUT2D eigenvalue weighted by molar-refractivity contribution is 0.611. The third-order valence-electron chi connectivity index (χ3n) is 2.52. The molecule has 0 amide bonds. The van der Waals surface area contributed by atoms with E-state index >= 15 is 0 Å². The lowest BCUT2D eigenvalue weighted by atomic mass is 10.2. The summed E-state index contributed by atoms with van der Waals surface area (Å²) in [5.74, 6) is 1.36. The third-order valence-corrected chi connectivity index (χ3v) is 3.92. The maximum atomic E-state index is 3.99. The van der Waals surface area contributed by atoms with Crippen molar-refractivity contribution in [2.45, 2.75) is 37.9 Å². The molecule has 0 bridgehead atoms. The molecule has 1 atom stereocenters. The molecule has 1 unspecified atom stereocenters. The quantitative estimate of drug-likeness (QED) is 0.683. The van der Waals surface area contributed by atoms with Gasteiger partial charge in [0.1, 0.15) is 0 Å². The van der Waals surface area contributed by atoms with Gasteiger partial charge in [-0.1, -0.05) is 25.5 Å². The fourth-order valence-corrected chi connectivity index (χ4v) is 2.78. The van der Waals surface area contributed by atoms with Crippen LogP contribution in [-0.4, -0.2) is 24.1 Å². The van der Waals surface area contributed by atoms with Gasteiger partial charge in [0.25, 0.3) is 0 Å².